The number of quaternary nitrogens is 1. The smallest absolute Gasteiger partial charge is 0.449 e. The highest BCUT2D eigenvalue weighted by Crippen LogP contribution is 2.40. The van der Waals surface area contributed by atoms with Crippen molar-refractivity contribution >= 4 is 16.9 Å². The standard InChI is InChI=1S/C33H34F3NO5/c1-6-16-37(17-7-2)19-26-27(41-32(39)23-11-8-20(3)9-12-23)15-14-25-28(38)30(31(33(34,35)36)42-29(25)26)40-24-13-10-21(4)22(5)18-24/h8-15,18H,6-7,16-17,19H2,1-5H3/p+1. The summed E-state index contributed by atoms with van der Waals surface area (Å²) in [6.07, 6.45) is -3.39. The summed E-state index contributed by atoms with van der Waals surface area (Å²) < 4.78 is 60.0. The van der Waals surface area contributed by atoms with E-state index >= 15 is 0 Å². The molecule has 0 aliphatic heterocycles. The second kappa shape index (κ2) is 12.8. The molecule has 0 bridgehead atoms. The van der Waals surface area contributed by atoms with Crippen LogP contribution in [0.1, 0.15) is 65.1 Å². The van der Waals surface area contributed by atoms with Crippen molar-refractivity contribution in [2.45, 2.75) is 60.2 Å². The topological polar surface area (TPSA) is 70.2 Å². The minimum absolute atomic E-state index is 0.0388. The molecule has 1 aromatic heterocycles. The van der Waals surface area contributed by atoms with Crippen molar-refractivity contribution in [3.63, 3.8) is 0 Å². The molecule has 6 nitrogen and oxygen atoms in total. The lowest BCUT2D eigenvalue weighted by atomic mass is 10.1. The van der Waals surface area contributed by atoms with Gasteiger partial charge in [-0.05, 0) is 81.1 Å². The number of aryl methyl sites for hydroxylation is 3. The summed E-state index contributed by atoms with van der Waals surface area (Å²) in [5.74, 6) is -3.04. The van der Waals surface area contributed by atoms with E-state index in [0.717, 1.165) is 47.5 Å². The van der Waals surface area contributed by atoms with Crippen molar-refractivity contribution in [3.05, 3.63) is 98.4 Å². The Morgan fingerprint density at radius 1 is 0.905 bits per heavy atom. The van der Waals surface area contributed by atoms with Crippen molar-refractivity contribution < 1.29 is 36.8 Å². The van der Waals surface area contributed by atoms with Gasteiger partial charge in [-0.3, -0.25) is 4.79 Å². The van der Waals surface area contributed by atoms with E-state index in [9.17, 15) is 22.8 Å². The number of fused-ring (bicyclic) bond motifs is 1. The highest BCUT2D eigenvalue weighted by molar-refractivity contribution is 5.92. The zero-order chi connectivity index (χ0) is 30.6. The lowest BCUT2D eigenvalue weighted by Crippen LogP contribution is -3.10. The van der Waals surface area contributed by atoms with Gasteiger partial charge in [0.2, 0.25) is 11.2 Å². The van der Waals surface area contributed by atoms with Gasteiger partial charge in [0.15, 0.2) is 5.58 Å². The summed E-state index contributed by atoms with van der Waals surface area (Å²) in [5, 5.41) is -0.0979. The van der Waals surface area contributed by atoms with Crippen LogP contribution in [0.25, 0.3) is 11.0 Å². The van der Waals surface area contributed by atoms with Gasteiger partial charge in [-0.2, -0.15) is 13.2 Å². The molecule has 0 atom stereocenters. The monoisotopic (exact) mass is 582 g/mol. The summed E-state index contributed by atoms with van der Waals surface area (Å²) in [5.41, 5.74) is 1.93. The number of hydrogen-bond donors (Lipinski definition) is 1. The van der Waals surface area contributed by atoms with Crippen molar-refractivity contribution in [1.29, 1.82) is 0 Å². The van der Waals surface area contributed by atoms with Crippen molar-refractivity contribution in [2.24, 2.45) is 0 Å². The van der Waals surface area contributed by atoms with Crippen LogP contribution in [0.2, 0.25) is 0 Å². The summed E-state index contributed by atoms with van der Waals surface area (Å²) in [6, 6.07) is 14.3. The minimum atomic E-state index is -5.03. The highest BCUT2D eigenvalue weighted by Gasteiger charge is 2.41. The van der Waals surface area contributed by atoms with Gasteiger partial charge < -0.3 is 18.8 Å². The molecule has 0 amide bonds. The number of carbonyl (C=O) groups excluding carboxylic acids is 1. The average Bonchev–Trinajstić information content (AvgIpc) is 2.93. The normalized spacial score (nSPS) is 11.7. The Morgan fingerprint density at radius 2 is 1.57 bits per heavy atom. The number of alkyl halides is 3. The van der Waals surface area contributed by atoms with Crippen molar-refractivity contribution in [1.82, 2.24) is 0 Å². The maximum Gasteiger partial charge on any atom is 0.453 e. The Hall–Kier alpha value is -4.11. The van der Waals surface area contributed by atoms with Crippen LogP contribution in [-0.4, -0.2) is 19.1 Å². The Balaban J connectivity index is 1.91. The Bertz CT molecular complexity index is 1640. The van der Waals surface area contributed by atoms with Gasteiger partial charge in [-0.15, -0.1) is 0 Å². The number of nitrogens with one attached hydrogen (secondary N) is 1. The maximum absolute atomic E-state index is 14.4. The molecule has 0 saturated heterocycles. The molecule has 3 aromatic carbocycles. The second-order valence-corrected chi connectivity index (χ2v) is 10.5. The largest absolute Gasteiger partial charge is 0.453 e. The summed E-state index contributed by atoms with van der Waals surface area (Å²) >= 11 is 0. The molecule has 42 heavy (non-hydrogen) atoms. The molecule has 4 rings (SSSR count). The number of hydrogen-bond acceptors (Lipinski definition) is 5. The van der Waals surface area contributed by atoms with Crippen LogP contribution in [0.4, 0.5) is 13.2 Å². The van der Waals surface area contributed by atoms with Crippen LogP contribution in [0.15, 0.2) is 63.8 Å². The quantitative estimate of drug-likeness (QED) is 0.162. The van der Waals surface area contributed by atoms with E-state index in [2.05, 4.69) is 0 Å². The van der Waals surface area contributed by atoms with E-state index in [0.29, 0.717) is 0 Å². The van der Waals surface area contributed by atoms with Crippen LogP contribution in [0.3, 0.4) is 0 Å². The number of esters is 1. The summed E-state index contributed by atoms with van der Waals surface area (Å²) in [7, 11) is 0. The first-order chi connectivity index (χ1) is 19.9. The summed E-state index contributed by atoms with van der Waals surface area (Å²) in [6.45, 7) is 11.2. The molecule has 0 unspecified atom stereocenters. The molecular weight excluding hydrogens is 547 g/mol. The van der Waals surface area contributed by atoms with Gasteiger partial charge in [0.1, 0.15) is 18.0 Å². The Labute approximate surface area is 242 Å². The van der Waals surface area contributed by atoms with E-state index in [-0.39, 0.29) is 40.1 Å². The van der Waals surface area contributed by atoms with Gasteiger partial charge >= 0.3 is 12.1 Å². The van der Waals surface area contributed by atoms with Crippen LogP contribution < -0.4 is 19.8 Å². The van der Waals surface area contributed by atoms with E-state index < -0.39 is 29.1 Å². The molecule has 9 heteroatoms. The molecular formula is C33H35F3NO5+. The van der Waals surface area contributed by atoms with Gasteiger partial charge in [-0.25, -0.2) is 4.79 Å². The van der Waals surface area contributed by atoms with E-state index in [1.165, 1.54) is 18.2 Å². The Morgan fingerprint density at radius 3 is 2.17 bits per heavy atom. The maximum atomic E-state index is 14.4. The van der Waals surface area contributed by atoms with E-state index in [1.807, 2.05) is 27.7 Å². The van der Waals surface area contributed by atoms with Crippen molar-refractivity contribution in [3.8, 4) is 17.2 Å². The van der Waals surface area contributed by atoms with Crippen LogP contribution >= 0.6 is 0 Å². The zero-order valence-electron chi connectivity index (χ0n) is 24.4. The predicted molar refractivity (Wildman–Crippen MR) is 155 cm³/mol. The van der Waals surface area contributed by atoms with E-state index in [1.54, 1.807) is 43.3 Å². The van der Waals surface area contributed by atoms with Crippen LogP contribution in [0, 0.1) is 20.8 Å². The van der Waals surface area contributed by atoms with Crippen LogP contribution in [-0.2, 0) is 12.7 Å². The third-order valence-corrected chi connectivity index (χ3v) is 7.16. The molecule has 4 aromatic rings. The number of rotatable bonds is 10. The highest BCUT2D eigenvalue weighted by atomic mass is 19.4. The number of benzene rings is 3. The zero-order valence-corrected chi connectivity index (χ0v) is 24.4. The molecule has 0 aliphatic rings. The Kier molecular flexibility index (Phi) is 9.41. The predicted octanol–water partition coefficient (Wildman–Crippen LogP) is 6.95. The number of ether oxygens (including phenoxy) is 2. The fourth-order valence-corrected chi connectivity index (χ4v) is 4.82. The SMILES string of the molecule is CCC[NH+](CCC)Cc1c(OC(=O)c2ccc(C)cc2)ccc2c(=O)c(Oc3ccc(C)c(C)c3)c(C(F)(F)F)oc12. The third-order valence-electron chi connectivity index (χ3n) is 7.16. The minimum Gasteiger partial charge on any atom is -0.449 e. The third kappa shape index (κ3) is 6.85. The number of halogens is 3. The number of carbonyl (C=O) groups is 1. The fraction of sp³-hybridized carbons (Fsp3) is 0.333. The molecule has 0 spiro atoms. The second-order valence-electron chi connectivity index (χ2n) is 10.5. The molecule has 0 aliphatic carbocycles. The van der Waals surface area contributed by atoms with E-state index in [4.69, 9.17) is 13.9 Å². The molecule has 1 N–H and O–H groups in total. The van der Waals surface area contributed by atoms with Gasteiger partial charge in [0.05, 0.1) is 29.6 Å². The van der Waals surface area contributed by atoms with Gasteiger partial charge in [0.25, 0.3) is 5.76 Å². The first kappa shape index (κ1) is 30.8. The van der Waals surface area contributed by atoms with Gasteiger partial charge in [0, 0.05) is 0 Å². The lowest BCUT2D eigenvalue weighted by Gasteiger charge is -2.21. The lowest BCUT2D eigenvalue weighted by molar-refractivity contribution is -0.913. The molecule has 0 fully saturated rings. The first-order valence-corrected chi connectivity index (χ1v) is 14.0. The molecule has 222 valence electrons. The van der Waals surface area contributed by atoms with Crippen LogP contribution in [0.5, 0.6) is 17.2 Å². The van der Waals surface area contributed by atoms with Crippen molar-refractivity contribution in [2.75, 3.05) is 13.1 Å². The molecule has 1 heterocycles. The molecule has 0 radical (unpaired) electrons. The van der Waals surface area contributed by atoms with Gasteiger partial charge in [-0.1, -0.05) is 37.6 Å². The fourth-order valence-electron chi connectivity index (χ4n) is 4.82. The first-order valence-electron chi connectivity index (χ1n) is 14.0. The summed E-state index contributed by atoms with van der Waals surface area (Å²) in [4.78, 5) is 27.7. The average molecular weight is 583 g/mol. The molecule has 0 saturated carbocycles.